The monoisotopic (exact) mass is 247 g/mol. The molecule has 1 heterocycles. The van der Waals surface area contributed by atoms with Crippen molar-refractivity contribution in [2.24, 2.45) is 5.92 Å². The minimum absolute atomic E-state index is 0.148. The van der Waals surface area contributed by atoms with Crippen LogP contribution in [0.2, 0.25) is 0 Å². The predicted octanol–water partition coefficient (Wildman–Crippen LogP) is 2.39. The molecule has 0 aromatic heterocycles. The molecule has 2 heteroatoms. The van der Waals surface area contributed by atoms with Crippen LogP contribution in [0.4, 0.5) is 0 Å². The Hall–Kier alpha value is -2.09. The summed E-state index contributed by atoms with van der Waals surface area (Å²) in [5.74, 6) is 0.982. The maximum Gasteiger partial charge on any atom is 0.226 e. The summed E-state index contributed by atoms with van der Waals surface area (Å²) in [4.78, 5) is 12.0. The van der Waals surface area contributed by atoms with Crippen LogP contribution in [-0.4, -0.2) is 11.9 Å². The number of benzene rings is 2. The van der Waals surface area contributed by atoms with Gasteiger partial charge in [-0.05, 0) is 22.3 Å². The van der Waals surface area contributed by atoms with Crippen LogP contribution in [0.3, 0.4) is 0 Å². The second-order valence-corrected chi connectivity index (χ2v) is 5.77. The Bertz CT molecular complexity index is 673. The Morgan fingerprint density at radius 1 is 0.737 bits per heavy atom. The second kappa shape index (κ2) is 3.08. The van der Waals surface area contributed by atoms with E-state index in [4.69, 9.17) is 0 Å². The smallest absolute Gasteiger partial charge is 0.226 e. The fourth-order valence-corrected chi connectivity index (χ4v) is 4.33. The Labute approximate surface area is 111 Å². The Balaban J connectivity index is 1.86. The van der Waals surface area contributed by atoms with E-state index in [2.05, 4.69) is 53.8 Å². The number of hydrogen-bond donors (Lipinski definition) is 1. The number of carbonyl (C=O) groups excluding carboxylic acids is 1. The highest BCUT2D eigenvalue weighted by atomic mass is 16.2. The molecule has 1 aliphatic heterocycles. The van der Waals surface area contributed by atoms with Crippen molar-refractivity contribution in [2.45, 2.75) is 17.9 Å². The molecule has 6 rings (SSSR count). The summed E-state index contributed by atoms with van der Waals surface area (Å²) < 4.78 is 0. The molecule has 2 aromatic rings. The minimum atomic E-state index is 0.148. The van der Waals surface area contributed by atoms with Crippen molar-refractivity contribution < 1.29 is 4.79 Å². The third-order valence-corrected chi connectivity index (χ3v) is 5.05. The fraction of sp³-hybridized carbons (Fsp3) is 0.235. The quantitative estimate of drug-likeness (QED) is 0.712. The van der Waals surface area contributed by atoms with Gasteiger partial charge in [-0.1, -0.05) is 48.5 Å². The van der Waals surface area contributed by atoms with Crippen molar-refractivity contribution >= 4 is 5.91 Å². The van der Waals surface area contributed by atoms with Gasteiger partial charge in [0.2, 0.25) is 5.91 Å². The summed E-state index contributed by atoms with van der Waals surface area (Å²) in [7, 11) is 0. The lowest BCUT2D eigenvalue weighted by atomic mass is 9.54. The molecular weight excluding hydrogens is 234 g/mol. The third-order valence-electron chi connectivity index (χ3n) is 5.05. The lowest BCUT2D eigenvalue weighted by molar-refractivity contribution is -0.137. The van der Waals surface area contributed by atoms with Gasteiger partial charge in [0.15, 0.2) is 0 Å². The molecule has 1 amide bonds. The lowest BCUT2D eigenvalue weighted by Gasteiger charge is -2.55. The first-order valence-corrected chi connectivity index (χ1v) is 6.84. The number of hydrogen-bond acceptors (Lipinski definition) is 1. The maximum absolute atomic E-state index is 12.0. The van der Waals surface area contributed by atoms with E-state index in [-0.39, 0.29) is 17.7 Å². The molecular formula is C17H13NO. The Kier molecular flexibility index (Phi) is 1.58. The molecule has 2 atom stereocenters. The maximum atomic E-state index is 12.0. The van der Waals surface area contributed by atoms with Crippen molar-refractivity contribution in [2.75, 3.05) is 0 Å². The first-order chi connectivity index (χ1) is 9.36. The van der Waals surface area contributed by atoms with E-state index in [1.807, 2.05) is 0 Å². The van der Waals surface area contributed by atoms with E-state index in [1.165, 1.54) is 22.3 Å². The van der Waals surface area contributed by atoms with Gasteiger partial charge < -0.3 is 5.32 Å². The van der Waals surface area contributed by atoms with Crippen LogP contribution < -0.4 is 5.32 Å². The zero-order valence-electron chi connectivity index (χ0n) is 10.3. The van der Waals surface area contributed by atoms with Crippen molar-refractivity contribution in [3.63, 3.8) is 0 Å². The van der Waals surface area contributed by atoms with Gasteiger partial charge in [-0.2, -0.15) is 0 Å². The zero-order valence-corrected chi connectivity index (χ0v) is 10.3. The summed E-state index contributed by atoms with van der Waals surface area (Å²) in [6.07, 6.45) is 0. The molecule has 2 nitrogen and oxygen atoms in total. The van der Waals surface area contributed by atoms with Crippen LogP contribution in [-0.2, 0) is 4.79 Å². The molecule has 4 aliphatic rings. The number of amides is 1. The highest BCUT2D eigenvalue weighted by Crippen LogP contribution is 2.57. The standard InChI is InChI=1S/C17H13NO/c19-17-15-13-9-5-1-3-7-11(9)14(16(15)18-17)12-8-4-2-6-10(12)13/h1-8,13-16H,(H,18,19)/t13?,14?,15-,16-/m0/s1. The fourth-order valence-electron chi connectivity index (χ4n) is 4.33. The van der Waals surface area contributed by atoms with Gasteiger partial charge in [0.1, 0.15) is 0 Å². The van der Waals surface area contributed by atoms with Gasteiger partial charge in [0.05, 0.1) is 12.0 Å². The summed E-state index contributed by atoms with van der Waals surface area (Å²) >= 11 is 0. The summed E-state index contributed by atoms with van der Waals surface area (Å²) in [6, 6.07) is 17.6. The van der Waals surface area contributed by atoms with Crippen LogP contribution in [0.25, 0.3) is 0 Å². The third kappa shape index (κ3) is 0.985. The average Bonchev–Trinajstić information content (AvgIpc) is 2.46. The van der Waals surface area contributed by atoms with E-state index >= 15 is 0 Å². The predicted molar refractivity (Wildman–Crippen MR) is 72.0 cm³/mol. The minimum Gasteiger partial charge on any atom is -0.351 e. The zero-order chi connectivity index (χ0) is 12.6. The van der Waals surface area contributed by atoms with Crippen molar-refractivity contribution in [1.29, 1.82) is 0 Å². The van der Waals surface area contributed by atoms with Gasteiger partial charge in [-0.3, -0.25) is 4.79 Å². The Morgan fingerprint density at radius 3 is 1.68 bits per heavy atom. The Morgan fingerprint density at radius 2 is 1.21 bits per heavy atom. The SMILES string of the molecule is O=C1N[C@H]2C3c4ccccc4C(c4ccccc43)[C@H]12. The molecule has 1 N–H and O–H groups in total. The van der Waals surface area contributed by atoms with Crippen molar-refractivity contribution in [3.8, 4) is 0 Å². The number of nitrogens with one attached hydrogen (secondary N) is 1. The van der Waals surface area contributed by atoms with Gasteiger partial charge in [0.25, 0.3) is 0 Å². The van der Waals surface area contributed by atoms with Crippen molar-refractivity contribution in [3.05, 3.63) is 70.8 Å². The molecule has 0 radical (unpaired) electrons. The molecule has 19 heavy (non-hydrogen) atoms. The van der Waals surface area contributed by atoms with Crippen LogP contribution in [0.5, 0.6) is 0 Å². The van der Waals surface area contributed by atoms with Crippen molar-refractivity contribution in [1.82, 2.24) is 5.32 Å². The molecule has 92 valence electrons. The number of β-lactam (4-membered cyclic amide) rings is 1. The van der Waals surface area contributed by atoms with E-state index in [0.717, 1.165) is 0 Å². The summed E-state index contributed by atoms with van der Waals surface area (Å²) in [6.45, 7) is 0. The van der Waals surface area contributed by atoms with E-state index in [9.17, 15) is 4.79 Å². The largest absolute Gasteiger partial charge is 0.351 e. The van der Waals surface area contributed by atoms with Crippen LogP contribution in [0.15, 0.2) is 48.5 Å². The van der Waals surface area contributed by atoms with Gasteiger partial charge in [-0.25, -0.2) is 0 Å². The van der Waals surface area contributed by atoms with E-state index in [0.29, 0.717) is 12.0 Å². The number of rotatable bonds is 0. The van der Waals surface area contributed by atoms with Gasteiger partial charge in [-0.15, -0.1) is 0 Å². The number of carbonyl (C=O) groups is 1. The van der Waals surface area contributed by atoms with Crippen LogP contribution in [0, 0.1) is 5.92 Å². The van der Waals surface area contributed by atoms with Crippen LogP contribution >= 0.6 is 0 Å². The molecule has 0 spiro atoms. The average molecular weight is 247 g/mol. The highest BCUT2D eigenvalue weighted by Gasteiger charge is 2.58. The molecule has 3 aliphatic carbocycles. The normalized spacial score (nSPS) is 32.7. The topological polar surface area (TPSA) is 29.1 Å². The second-order valence-electron chi connectivity index (χ2n) is 5.77. The summed E-state index contributed by atoms with van der Waals surface area (Å²) in [5.41, 5.74) is 5.55. The van der Waals surface area contributed by atoms with Gasteiger partial charge >= 0.3 is 0 Å². The molecule has 1 saturated heterocycles. The first kappa shape index (κ1) is 9.79. The lowest BCUT2D eigenvalue weighted by Crippen LogP contribution is -2.66. The van der Waals surface area contributed by atoms with E-state index in [1.54, 1.807) is 0 Å². The van der Waals surface area contributed by atoms with Gasteiger partial charge in [0, 0.05) is 11.8 Å². The highest BCUT2D eigenvalue weighted by molar-refractivity contribution is 5.90. The molecule has 0 unspecified atom stereocenters. The molecule has 1 fully saturated rings. The van der Waals surface area contributed by atoms with E-state index < -0.39 is 0 Å². The molecule has 2 bridgehead atoms. The molecule has 2 aromatic carbocycles. The van der Waals surface area contributed by atoms with Crippen LogP contribution in [0.1, 0.15) is 34.1 Å². The first-order valence-electron chi connectivity index (χ1n) is 6.84. The summed E-state index contributed by atoms with van der Waals surface area (Å²) in [5, 5.41) is 3.12. The molecule has 0 saturated carbocycles.